The Morgan fingerprint density at radius 2 is 2.00 bits per heavy atom. The van der Waals surface area contributed by atoms with E-state index in [-0.39, 0.29) is 29.6 Å². The quantitative estimate of drug-likeness (QED) is 0.918. The highest BCUT2D eigenvalue weighted by Crippen LogP contribution is 2.44. The van der Waals surface area contributed by atoms with Crippen LogP contribution in [0.2, 0.25) is 0 Å². The summed E-state index contributed by atoms with van der Waals surface area (Å²) in [6.07, 6.45) is -0.117. The van der Waals surface area contributed by atoms with E-state index >= 15 is 0 Å². The van der Waals surface area contributed by atoms with Crippen LogP contribution in [0.15, 0.2) is 36.4 Å². The van der Waals surface area contributed by atoms with Crippen LogP contribution in [0.1, 0.15) is 34.0 Å². The largest absolute Gasteiger partial charge is 0.507 e. The number of fused-ring (bicyclic) bond motifs is 1. The van der Waals surface area contributed by atoms with Gasteiger partial charge < -0.3 is 14.6 Å². The first-order chi connectivity index (χ1) is 10.1. The summed E-state index contributed by atoms with van der Waals surface area (Å²) in [5.74, 6) is 0.710. The Labute approximate surface area is 122 Å². The Balaban J connectivity index is 2.06. The summed E-state index contributed by atoms with van der Waals surface area (Å²) >= 11 is 0. The number of carbonyl (C=O) groups excluding carboxylic acids is 1. The number of Topliss-reactive ketones (excluding diaryl/α,β-unsaturated/α-hetero) is 1. The van der Waals surface area contributed by atoms with Gasteiger partial charge >= 0.3 is 0 Å². The zero-order chi connectivity index (χ0) is 15.0. The van der Waals surface area contributed by atoms with E-state index in [0.29, 0.717) is 17.1 Å². The third-order valence-electron chi connectivity index (χ3n) is 3.78. The van der Waals surface area contributed by atoms with Crippen molar-refractivity contribution in [3.8, 4) is 17.2 Å². The van der Waals surface area contributed by atoms with Gasteiger partial charge in [-0.2, -0.15) is 0 Å². The molecule has 2 aromatic carbocycles. The van der Waals surface area contributed by atoms with Gasteiger partial charge in [0.05, 0.1) is 13.5 Å². The Bertz CT molecular complexity index is 692. The van der Waals surface area contributed by atoms with E-state index in [4.69, 9.17) is 9.47 Å². The highest BCUT2D eigenvalue weighted by Gasteiger charge is 2.32. The summed E-state index contributed by atoms with van der Waals surface area (Å²) < 4.78 is 11.1. The van der Waals surface area contributed by atoms with Crippen LogP contribution in [-0.2, 0) is 0 Å². The SMILES string of the molecule is COc1cc2c(c(O)c1C)C(=O)C[C@@H](c1ccccc1)O2. The highest BCUT2D eigenvalue weighted by molar-refractivity contribution is 6.03. The number of aromatic hydroxyl groups is 1. The number of phenols is 1. The number of carbonyl (C=O) groups is 1. The topological polar surface area (TPSA) is 55.8 Å². The summed E-state index contributed by atoms with van der Waals surface area (Å²) in [4.78, 5) is 12.4. The molecule has 108 valence electrons. The summed E-state index contributed by atoms with van der Waals surface area (Å²) in [5, 5.41) is 10.2. The monoisotopic (exact) mass is 284 g/mol. The molecule has 0 aromatic heterocycles. The fourth-order valence-corrected chi connectivity index (χ4v) is 2.61. The van der Waals surface area contributed by atoms with Gasteiger partial charge in [0.25, 0.3) is 0 Å². The first-order valence-electron chi connectivity index (χ1n) is 6.77. The van der Waals surface area contributed by atoms with Crippen LogP contribution in [0.4, 0.5) is 0 Å². The van der Waals surface area contributed by atoms with Gasteiger partial charge in [0.2, 0.25) is 0 Å². The molecule has 0 spiro atoms. The Morgan fingerprint density at radius 3 is 2.67 bits per heavy atom. The second kappa shape index (κ2) is 5.13. The van der Waals surface area contributed by atoms with Gasteiger partial charge in [0, 0.05) is 11.6 Å². The Kier molecular flexibility index (Phi) is 3.29. The zero-order valence-corrected chi connectivity index (χ0v) is 11.9. The average Bonchev–Trinajstić information content (AvgIpc) is 2.51. The van der Waals surface area contributed by atoms with Gasteiger partial charge in [-0.3, -0.25) is 4.79 Å². The van der Waals surface area contributed by atoms with Crippen molar-refractivity contribution in [2.24, 2.45) is 0 Å². The number of benzene rings is 2. The predicted octanol–water partition coefficient (Wildman–Crippen LogP) is 3.42. The lowest BCUT2D eigenvalue weighted by molar-refractivity contribution is 0.0844. The number of rotatable bonds is 2. The number of methoxy groups -OCH3 is 1. The van der Waals surface area contributed by atoms with Gasteiger partial charge in [0.1, 0.15) is 28.9 Å². The van der Waals surface area contributed by atoms with Crippen molar-refractivity contribution in [1.29, 1.82) is 0 Å². The smallest absolute Gasteiger partial charge is 0.174 e. The zero-order valence-electron chi connectivity index (χ0n) is 11.9. The molecule has 4 heteroatoms. The first-order valence-corrected chi connectivity index (χ1v) is 6.77. The number of phenolic OH excluding ortho intramolecular Hbond substituents is 1. The fourth-order valence-electron chi connectivity index (χ4n) is 2.61. The second-order valence-corrected chi connectivity index (χ2v) is 5.07. The molecule has 0 unspecified atom stereocenters. The van der Waals surface area contributed by atoms with E-state index < -0.39 is 0 Å². The van der Waals surface area contributed by atoms with E-state index in [2.05, 4.69) is 0 Å². The van der Waals surface area contributed by atoms with Gasteiger partial charge in [-0.1, -0.05) is 30.3 Å². The van der Waals surface area contributed by atoms with Gasteiger partial charge in [0.15, 0.2) is 5.78 Å². The molecule has 1 aliphatic rings. The summed E-state index contributed by atoms with van der Waals surface area (Å²) in [5.41, 5.74) is 1.74. The second-order valence-electron chi connectivity index (χ2n) is 5.07. The van der Waals surface area contributed by atoms with Crippen LogP contribution < -0.4 is 9.47 Å². The van der Waals surface area contributed by atoms with Gasteiger partial charge in [-0.05, 0) is 12.5 Å². The number of hydrogen-bond donors (Lipinski definition) is 1. The van der Waals surface area contributed by atoms with E-state index in [1.165, 1.54) is 7.11 Å². The minimum atomic E-state index is -0.335. The van der Waals surface area contributed by atoms with Crippen LogP contribution >= 0.6 is 0 Å². The van der Waals surface area contributed by atoms with Crippen molar-refractivity contribution >= 4 is 5.78 Å². The average molecular weight is 284 g/mol. The standard InChI is InChI=1S/C17H16O4/c1-10-13(20-2)9-15-16(17(10)19)12(18)8-14(21-15)11-6-4-3-5-7-11/h3-7,9,14,19H,8H2,1-2H3/t14-/m0/s1. The van der Waals surface area contributed by atoms with E-state index in [0.717, 1.165) is 5.56 Å². The molecule has 1 atom stereocenters. The number of ketones is 1. The van der Waals surface area contributed by atoms with Gasteiger partial charge in [-0.25, -0.2) is 0 Å². The molecule has 0 saturated heterocycles. The third kappa shape index (κ3) is 2.23. The van der Waals surface area contributed by atoms with Crippen LogP contribution in [0.25, 0.3) is 0 Å². The Morgan fingerprint density at radius 1 is 1.29 bits per heavy atom. The lowest BCUT2D eigenvalue weighted by Gasteiger charge is -2.27. The maximum absolute atomic E-state index is 12.4. The lowest BCUT2D eigenvalue weighted by atomic mass is 9.94. The summed E-state index contributed by atoms with van der Waals surface area (Å²) in [6.45, 7) is 1.71. The molecular weight excluding hydrogens is 268 g/mol. The number of hydrogen-bond acceptors (Lipinski definition) is 4. The summed E-state index contributed by atoms with van der Waals surface area (Å²) in [6, 6.07) is 11.2. The molecule has 0 radical (unpaired) electrons. The predicted molar refractivity (Wildman–Crippen MR) is 78.2 cm³/mol. The first kappa shape index (κ1) is 13.5. The molecule has 1 N–H and O–H groups in total. The third-order valence-corrected chi connectivity index (χ3v) is 3.78. The maximum atomic E-state index is 12.4. The van der Waals surface area contributed by atoms with Gasteiger partial charge in [-0.15, -0.1) is 0 Å². The molecule has 0 saturated carbocycles. The molecule has 1 aliphatic heterocycles. The molecule has 0 aliphatic carbocycles. The van der Waals surface area contributed by atoms with E-state index in [9.17, 15) is 9.90 Å². The molecule has 0 fully saturated rings. The normalized spacial score (nSPS) is 17.0. The Hall–Kier alpha value is -2.49. The summed E-state index contributed by atoms with van der Waals surface area (Å²) in [7, 11) is 1.52. The van der Waals surface area contributed by atoms with Crippen LogP contribution in [0.5, 0.6) is 17.2 Å². The molecular formula is C17H16O4. The highest BCUT2D eigenvalue weighted by atomic mass is 16.5. The van der Waals surface area contributed by atoms with Crippen molar-refractivity contribution in [1.82, 2.24) is 0 Å². The molecule has 4 nitrogen and oxygen atoms in total. The van der Waals surface area contributed by atoms with Crippen LogP contribution in [0, 0.1) is 6.92 Å². The molecule has 3 rings (SSSR count). The maximum Gasteiger partial charge on any atom is 0.174 e. The fraction of sp³-hybridized carbons (Fsp3) is 0.235. The van der Waals surface area contributed by atoms with E-state index in [1.807, 2.05) is 30.3 Å². The molecule has 0 bridgehead atoms. The molecule has 21 heavy (non-hydrogen) atoms. The minimum Gasteiger partial charge on any atom is -0.507 e. The minimum absolute atomic E-state index is 0.0548. The van der Waals surface area contributed by atoms with Crippen molar-refractivity contribution < 1.29 is 19.4 Å². The molecule has 1 heterocycles. The van der Waals surface area contributed by atoms with E-state index in [1.54, 1.807) is 13.0 Å². The van der Waals surface area contributed by atoms with Crippen LogP contribution in [0.3, 0.4) is 0 Å². The van der Waals surface area contributed by atoms with Crippen molar-refractivity contribution in [3.63, 3.8) is 0 Å². The number of ether oxygens (including phenoxy) is 2. The van der Waals surface area contributed by atoms with Crippen molar-refractivity contribution in [2.75, 3.05) is 7.11 Å². The van der Waals surface area contributed by atoms with Crippen molar-refractivity contribution in [3.05, 3.63) is 53.1 Å². The van der Waals surface area contributed by atoms with Crippen molar-refractivity contribution in [2.45, 2.75) is 19.4 Å². The lowest BCUT2D eigenvalue weighted by Crippen LogP contribution is -2.20. The van der Waals surface area contributed by atoms with Crippen LogP contribution in [-0.4, -0.2) is 18.0 Å². The molecule has 2 aromatic rings. The molecule has 0 amide bonds.